The highest BCUT2D eigenvalue weighted by molar-refractivity contribution is 7.99. The van der Waals surface area contributed by atoms with Gasteiger partial charge in [-0.15, -0.1) is 0 Å². The highest BCUT2D eigenvalue weighted by Gasteiger charge is 2.31. The molecular formula is C19H24F3N3O2S. The minimum atomic E-state index is -4.50. The quantitative estimate of drug-likeness (QED) is 0.743. The lowest BCUT2D eigenvalue weighted by atomic mass is 9.95. The van der Waals surface area contributed by atoms with Gasteiger partial charge in [-0.05, 0) is 62.2 Å². The molecule has 0 aliphatic carbocycles. The van der Waals surface area contributed by atoms with Crippen LogP contribution in [0.4, 0.5) is 18.9 Å². The average molecular weight is 415 g/mol. The highest BCUT2D eigenvalue weighted by Crippen LogP contribution is 2.30. The summed E-state index contributed by atoms with van der Waals surface area (Å²) in [6, 6.07) is 4.89. The van der Waals surface area contributed by atoms with Gasteiger partial charge in [-0.25, -0.2) is 0 Å². The van der Waals surface area contributed by atoms with Gasteiger partial charge in [-0.3, -0.25) is 14.5 Å². The van der Waals surface area contributed by atoms with Crippen molar-refractivity contribution in [3.8, 4) is 0 Å². The Labute approximate surface area is 166 Å². The highest BCUT2D eigenvalue weighted by atomic mass is 32.2. The number of thioether (sulfide) groups is 1. The number of nitrogens with one attached hydrogen (secondary N) is 2. The Bertz CT molecular complexity index is 700. The number of hydrogen-bond donors (Lipinski definition) is 2. The molecule has 0 spiro atoms. The summed E-state index contributed by atoms with van der Waals surface area (Å²) in [6.07, 6.45) is -1.33. The standard InChI is InChI=1S/C19H24F3N3O2S/c20-19(21,22)14-2-1-3-15(10-14)24-18(27)17(26)23-11-13-4-7-25(8-5-13)16-6-9-28-12-16/h1-3,10,13,16H,4-9,11-12H2,(H,23,26)(H,24,27)/t16-/m1/s1. The molecule has 0 bridgehead atoms. The maximum absolute atomic E-state index is 12.7. The monoisotopic (exact) mass is 415 g/mol. The predicted octanol–water partition coefficient (Wildman–Crippen LogP) is 2.98. The molecule has 9 heteroatoms. The molecule has 2 aliphatic rings. The summed E-state index contributed by atoms with van der Waals surface area (Å²) in [5, 5.41) is 4.83. The molecule has 0 radical (unpaired) electrons. The van der Waals surface area contributed by atoms with E-state index in [1.54, 1.807) is 0 Å². The van der Waals surface area contributed by atoms with Crippen LogP contribution >= 0.6 is 11.8 Å². The van der Waals surface area contributed by atoms with Crippen LogP contribution in [0, 0.1) is 5.92 Å². The van der Waals surface area contributed by atoms with Crippen molar-refractivity contribution in [1.82, 2.24) is 10.2 Å². The Kier molecular flexibility index (Phi) is 6.87. The zero-order valence-electron chi connectivity index (χ0n) is 15.4. The van der Waals surface area contributed by atoms with Crippen molar-refractivity contribution in [2.45, 2.75) is 31.5 Å². The van der Waals surface area contributed by atoms with Crippen LogP contribution in [0.25, 0.3) is 0 Å². The molecule has 0 saturated carbocycles. The van der Waals surface area contributed by atoms with Crippen LogP contribution in [0.2, 0.25) is 0 Å². The Morgan fingerprint density at radius 2 is 1.89 bits per heavy atom. The number of anilines is 1. The maximum atomic E-state index is 12.7. The van der Waals surface area contributed by atoms with Crippen molar-refractivity contribution in [2.24, 2.45) is 5.92 Å². The topological polar surface area (TPSA) is 61.4 Å². The van der Waals surface area contributed by atoms with E-state index in [1.165, 1.54) is 30.1 Å². The first-order valence-corrected chi connectivity index (χ1v) is 10.6. The Morgan fingerprint density at radius 1 is 1.14 bits per heavy atom. The molecule has 0 aromatic heterocycles. The minimum Gasteiger partial charge on any atom is -0.348 e. The lowest BCUT2D eigenvalue weighted by Crippen LogP contribution is -2.45. The third-order valence-electron chi connectivity index (χ3n) is 5.28. The van der Waals surface area contributed by atoms with Crippen molar-refractivity contribution >= 4 is 29.3 Å². The number of amides is 2. The van der Waals surface area contributed by atoms with E-state index in [1.807, 2.05) is 11.8 Å². The summed E-state index contributed by atoms with van der Waals surface area (Å²) in [6.45, 7) is 2.41. The second-order valence-corrected chi connectivity index (χ2v) is 8.39. The summed E-state index contributed by atoms with van der Waals surface area (Å²) in [7, 11) is 0. The van der Waals surface area contributed by atoms with Crippen molar-refractivity contribution in [3.05, 3.63) is 29.8 Å². The van der Waals surface area contributed by atoms with Crippen LogP contribution in [0.3, 0.4) is 0 Å². The van der Waals surface area contributed by atoms with Crippen molar-refractivity contribution in [1.29, 1.82) is 0 Å². The molecule has 0 unspecified atom stereocenters. The van der Waals surface area contributed by atoms with E-state index >= 15 is 0 Å². The Balaban J connectivity index is 1.42. The lowest BCUT2D eigenvalue weighted by Gasteiger charge is -2.35. The number of hydrogen-bond acceptors (Lipinski definition) is 4. The number of carbonyl (C=O) groups is 2. The van der Waals surface area contributed by atoms with Gasteiger partial charge in [0.1, 0.15) is 0 Å². The summed E-state index contributed by atoms with van der Waals surface area (Å²) >= 11 is 1.99. The van der Waals surface area contributed by atoms with Gasteiger partial charge in [-0.2, -0.15) is 24.9 Å². The van der Waals surface area contributed by atoms with E-state index in [-0.39, 0.29) is 5.69 Å². The van der Waals surface area contributed by atoms with E-state index < -0.39 is 23.6 Å². The van der Waals surface area contributed by atoms with Crippen LogP contribution in [0.15, 0.2) is 24.3 Å². The predicted molar refractivity (Wildman–Crippen MR) is 103 cm³/mol. The molecule has 1 aromatic rings. The summed E-state index contributed by atoms with van der Waals surface area (Å²) < 4.78 is 38.2. The number of benzene rings is 1. The fourth-order valence-electron chi connectivity index (χ4n) is 3.61. The summed E-state index contributed by atoms with van der Waals surface area (Å²) in [5.74, 6) is 0.945. The molecule has 2 heterocycles. The molecule has 3 rings (SSSR count). The van der Waals surface area contributed by atoms with E-state index in [9.17, 15) is 22.8 Å². The lowest BCUT2D eigenvalue weighted by molar-refractivity contribution is -0.137. The van der Waals surface area contributed by atoms with E-state index in [0.29, 0.717) is 18.5 Å². The molecule has 154 valence electrons. The third kappa shape index (κ3) is 5.64. The van der Waals surface area contributed by atoms with Gasteiger partial charge in [0.2, 0.25) is 0 Å². The van der Waals surface area contributed by atoms with E-state index in [0.717, 1.165) is 38.1 Å². The molecule has 2 aliphatic heterocycles. The number of likely N-dealkylation sites (tertiary alicyclic amines) is 1. The van der Waals surface area contributed by atoms with Crippen LogP contribution < -0.4 is 10.6 Å². The SMILES string of the molecule is O=C(NCC1CCN([C@@H]2CCSC2)CC1)C(=O)Nc1cccc(C(F)(F)F)c1. The summed E-state index contributed by atoms with van der Waals surface area (Å²) in [5.41, 5.74) is -0.934. The molecule has 2 amide bonds. The fraction of sp³-hybridized carbons (Fsp3) is 0.579. The van der Waals surface area contributed by atoms with Gasteiger partial charge in [0.25, 0.3) is 0 Å². The second-order valence-electron chi connectivity index (χ2n) is 7.24. The molecular weight excluding hydrogens is 391 g/mol. The van der Waals surface area contributed by atoms with Crippen LogP contribution in [-0.2, 0) is 15.8 Å². The van der Waals surface area contributed by atoms with Crippen molar-refractivity contribution < 1.29 is 22.8 Å². The van der Waals surface area contributed by atoms with Gasteiger partial charge in [0.05, 0.1) is 5.56 Å². The zero-order valence-corrected chi connectivity index (χ0v) is 16.2. The van der Waals surface area contributed by atoms with Crippen molar-refractivity contribution in [3.63, 3.8) is 0 Å². The molecule has 2 N–H and O–H groups in total. The first kappa shape index (κ1) is 21.0. The molecule has 1 aromatic carbocycles. The minimum absolute atomic E-state index is 0.0577. The number of halogens is 3. The molecule has 5 nitrogen and oxygen atoms in total. The van der Waals surface area contributed by atoms with Gasteiger partial charge in [0.15, 0.2) is 0 Å². The zero-order chi connectivity index (χ0) is 20.1. The van der Waals surface area contributed by atoms with Gasteiger partial charge >= 0.3 is 18.0 Å². The number of alkyl halides is 3. The fourth-order valence-corrected chi connectivity index (χ4v) is 4.87. The maximum Gasteiger partial charge on any atom is 0.416 e. The first-order valence-electron chi connectivity index (χ1n) is 9.41. The number of nitrogens with zero attached hydrogens (tertiary/aromatic N) is 1. The molecule has 28 heavy (non-hydrogen) atoms. The third-order valence-corrected chi connectivity index (χ3v) is 6.42. The molecule has 1 atom stereocenters. The number of rotatable bonds is 4. The van der Waals surface area contributed by atoms with Crippen LogP contribution in [0.5, 0.6) is 0 Å². The first-order chi connectivity index (χ1) is 13.3. The van der Waals surface area contributed by atoms with Crippen LogP contribution in [-0.4, -0.2) is 53.9 Å². The number of piperidine rings is 1. The van der Waals surface area contributed by atoms with Crippen LogP contribution in [0.1, 0.15) is 24.8 Å². The second kappa shape index (κ2) is 9.17. The van der Waals surface area contributed by atoms with Crippen molar-refractivity contribution in [2.75, 3.05) is 36.5 Å². The molecule has 2 saturated heterocycles. The average Bonchev–Trinajstić information content (AvgIpc) is 3.21. The normalized spacial score (nSPS) is 21.5. The Morgan fingerprint density at radius 3 is 2.54 bits per heavy atom. The summed E-state index contributed by atoms with van der Waals surface area (Å²) in [4.78, 5) is 26.5. The van der Waals surface area contributed by atoms with E-state index in [2.05, 4.69) is 15.5 Å². The molecule has 2 fully saturated rings. The van der Waals surface area contributed by atoms with Gasteiger partial charge < -0.3 is 10.6 Å². The van der Waals surface area contributed by atoms with E-state index in [4.69, 9.17) is 0 Å². The van der Waals surface area contributed by atoms with Gasteiger partial charge in [0, 0.05) is 24.0 Å². The largest absolute Gasteiger partial charge is 0.416 e. The smallest absolute Gasteiger partial charge is 0.348 e. The Hall–Kier alpha value is -1.74. The number of carbonyl (C=O) groups excluding carboxylic acids is 2. The van der Waals surface area contributed by atoms with Gasteiger partial charge in [-0.1, -0.05) is 6.07 Å².